The molecule has 0 aromatic rings. The van der Waals surface area contributed by atoms with E-state index in [9.17, 15) is 9.59 Å². The summed E-state index contributed by atoms with van der Waals surface area (Å²) < 4.78 is 3.94. The average molecular weight is 175 g/mol. The molecule has 0 radical (unpaired) electrons. The molecule has 0 heterocycles. The number of rotatable bonds is 3. The number of hydrogen-bond acceptors (Lipinski definition) is 3. The lowest BCUT2D eigenvalue weighted by Crippen LogP contribution is -2.08. The third kappa shape index (κ3) is 23.6. The van der Waals surface area contributed by atoms with Crippen LogP contribution in [-0.4, -0.2) is 17.2 Å². The van der Waals surface area contributed by atoms with Crippen LogP contribution in [-0.2, 0) is 9.53 Å². The molecule has 0 saturated carbocycles. The molecule has 3 N–H and O–H groups in total. The highest BCUT2D eigenvalue weighted by Crippen LogP contribution is 1.82. The molecule has 0 atom stereocenters. The number of hydrogen-bond donors (Lipinski definition) is 2. The first-order chi connectivity index (χ1) is 5.54. The Kier molecular flexibility index (Phi) is 10.3. The summed E-state index contributed by atoms with van der Waals surface area (Å²) in [4.78, 5) is 19.1. The third-order valence-electron chi connectivity index (χ3n) is 0.663. The molecular formula is C7H13NO4. The molecule has 0 unspecified atom stereocenters. The summed E-state index contributed by atoms with van der Waals surface area (Å²) in [5.74, 6) is -0.711. The molecule has 0 saturated heterocycles. The topological polar surface area (TPSA) is 89.6 Å². The highest BCUT2D eigenvalue weighted by molar-refractivity contribution is 5.66. The van der Waals surface area contributed by atoms with Crippen molar-refractivity contribution in [3.8, 4) is 0 Å². The Hall–Kier alpha value is -1.52. The maximum atomic E-state index is 9.60. The Morgan fingerprint density at radius 2 is 2.17 bits per heavy atom. The van der Waals surface area contributed by atoms with Crippen LogP contribution in [0.15, 0.2) is 12.8 Å². The third-order valence-corrected chi connectivity index (χ3v) is 0.663. The van der Waals surface area contributed by atoms with E-state index in [1.165, 1.54) is 0 Å². The van der Waals surface area contributed by atoms with E-state index in [1.807, 2.05) is 6.92 Å². The van der Waals surface area contributed by atoms with Crippen molar-refractivity contribution in [1.82, 2.24) is 0 Å². The van der Waals surface area contributed by atoms with Crippen molar-refractivity contribution in [3.05, 3.63) is 12.8 Å². The molecule has 0 bridgehead atoms. The summed E-state index contributed by atoms with van der Waals surface area (Å²) in [7, 11) is 0. The van der Waals surface area contributed by atoms with Crippen molar-refractivity contribution in [2.24, 2.45) is 5.73 Å². The van der Waals surface area contributed by atoms with Crippen molar-refractivity contribution >= 4 is 12.1 Å². The first-order valence-electron chi connectivity index (χ1n) is 3.33. The fourth-order valence-corrected chi connectivity index (χ4v) is 0.296. The highest BCUT2D eigenvalue weighted by Gasteiger charge is 1.87. The Morgan fingerprint density at radius 3 is 2.17 bits per heavy atom. The molecule has 70 valence electrons. The van der Waals surface area contributed by atoms with Gasteiger partial charge in [0.2, 0.25) is 0 Å². The van der Waals surface area contributed by atoms with Gasteiger partial charge in [-0.3, -0.25) is 4.79 Å². The van der Waals surface area contributed by atoms with E-state index < -0.39 is 12.1 Å². The molecule has 0 aliphatic carbocycles. The predicted molar refractivity (Wildman–Crippen MR) is 43.4 cm³/mol. The Balaban J connectivity index is 0. The fraction of sp³-hybridized carbons (Fsp3) is 0.429. The zero-order chi connectivity index (χ0) is 9.98. The van der Waals surface area contributed by atoms with Gasteiger partial charge >= 0.3 is 12.1 Å². The van der Waals surface area contributed by atoms with Gasteiger partial charge in [-0.2, -0.15) is 0 Å². The lowest BCUT2D eigenvalue weighted by Gasteiger charge is -1.83. The van der Waals surface area contributed by atoms with Crippen LogP contribution in [0.5, 0.6) is 0 Å². The number of amides is 1. The number of carboxylic acids is 1. The first-order valence-corrected chi connectivity index (χ1v) is 3.33. The van der Waals surface area contributed by atoms with Gasteiger partial charge in [-0.25, -0.2) is 4.79 Å². The zero-order valence-electron chi connectivity index (χ0n) is 6.95. The summed E-state index contributed by atoms with van der Waals surface area (Å²) in [5, 5.41) is 7.91. The molecular weight excluding hydrogens is 162 g/mol. The van der Waals surface area contributed by atoms with E-state index in [0.717, 1.165) is 12.7 Å². The second kappa shape index (κ2) is 9.48. The van der Waals surface area contributed by atoms with Crippen LogP contribution in [0.1, 0.15) is 19.8 Å². The number of carboxylic acid groups (broad SMARTS) is 1. The molecule has 5 nitrogen and oxygen atoms in total. The maximum absolute atomic E-state index is 9.60. The number of primary amides is 1. The van der Waals surface area contributed by atoms with Gasteiger partial charge in [0.1, 0.15) is 0 Å². The van der Waals surface area contributed by atoms with Crippen LogP contribution < -0.4 is 5.73 Å². The van der Waals surface area contributed by atoms with E-state index in [4.69, 9.17) is 5.11 Å². The molecule has 5 heteroatoms. The maximum Gasteiger partial charge on any atom is 0.409 e. The minimum atomic E-state index is -0.829. The minimum absolute atomic E-state index is 0.292. The summed E-state index contributed by atoms with van der Waals surface area (Å²) >= 11 is 0. The molecule has 0 aromatic heterocycles. The highest BCUT2D eigenvalue weighted by atomic mass is 16.5. The van der Waals surface area contributed by atoms with Gasteiger partial charge in [0.15, 0.2) is 0 Å². The van der Waals surface area contributed by atoms with Crippen LogP contribution in [0.3, 0.4) is 0 Å². The summed E-state index contributed by atoms with van der Waals surface area (Å²) in [5.41, 5.74) is 4.47. The van der Waals surface area contributed by atoms with Crippen LogP contribution in [0.25, 0.3) is 0 Å². The van der Waals surface area contributed by atoms with Crippen molar-refractivity contribution in [2.75, 3.05) is 0 Å². The van der Waals surface area contributed by atoms with Crippen molar-refractivity contribution in [2.45, 2.75) is 19.8 Å². The Morgan fingerprint density at radius 1 is 1.67 bits per heavy atom. The molecule has 0 rings (SSSR count). The second-order valence-corrected chi connectivity index (χ2v) is 1.75. The lowest BCUT2D eigenvalue weighted by molar-refractivity contribution is -0.137. The smallest absolute Gasteiger partial charge is 0.409 e. The normalized spacial score (nSPS) is 7.42. The molecule has 0 fully saturated rings. The van der Waals surface area contributed by atoms with E-state index >= 15 is 0 Å². The zero-order valence-corrected chi connectivity index (χ0v) is 6.95. The first kappa shape index (κ1) is 13.1. The SMILES string of the molecule is C=COC(N)=O.CCCC(=O)O. The molecule has 0 aromatic carbocycles. The van der Waals surface area contributed by atoms with Crippen molar-refractivity contribution in [3.63, 3.8) is 0 Å². The van der Waals surface area contributed by atoms with Gasteiger partial charge in [-0.05, 0) is 6.42 Å². The number of ether oxygens (including phenoxy) is 1. The van der Waals surface area contributed by atoms with Gasteiger partial charge in [-0.15, -0.1) is 0 Å². The van der Waals surface area contributed by atoms with E-state index in [-0.39, 0.29) is 0 Å². The predicted octanol–water partition coefficient (Wildman–Crippen LogP) is 1.10. The van der Waals surface area contributed by atoms with Crippen molar-refractivity contribution in [1.29, 1.82) is 0 Å². The monoisotopic (exact) mass is 175 g/mol. The fourth-order valence-electron chi connectivity index (χ4n) is 0.296. The number of nitrogens with two attached hydrogens (primary N) is 1. The molecule has 12 heavy (non-hydrogen) atoms. The van der Waals surface area contributed by atoms with E-state index in [0.29, 0.717) is 6.42 Å². The van der Waals surface area contributed by atoms with Crippen molar-refractivity contribution < 1.29 is 19.4 Å². The molecule has 0 aliphatic heterocycles. The standard InChI is InChI=1S/C4H8O2.C3H5NO2/c1-2-3-4(5)6;1-2-6-3(4)5/h2-3H2,1H3,(H,5,6);2H,1H2,(H2,4,5). The van der Waals surface area contributed by atoms with Gasteiger partial charge in [0, 0.05) is 6.42 Å². The van der Waals surface area contributed by atoms with Crippen LogP contribution in [0, 0.1) is 0 Å². The quantitative estimate of drug-likeness (QED) is 0.628. The largest absolute Gasteiger partial charge is 0.481 e. The number of aliphatic carboxylic acids is 1. The molecule has 1 amide bonds. The Labute approximate surface area is 70.8 Å². The van der Waals surface area contributed by atoms with E-state index in [1.54, 1.807) is 0 Å². The van der Waals surface area contributed by atoms with Gasteiger partial charge < -0.3 is 15.6 Å². The lowest BCUT2D eigenvalue weighted by atomic mass is 10.4. The van der Waals surface area contributed by atoms with Gasteiger partial charge in [0.05, 0.1) is 6.26 Å². The number of carbonyl (C=O) groups excluding carboxylic acids is 1. The second-order valence-electron chi connectivity index (χ2n) is 1.75. The summed E-state index contributed by atoms with van der Waals surface area (Å²) in [6.45, 7) is 4.92. The van der Waals surface area contributed by atoms with Gasteiger partial charge in [0.25, 0.3) is 0 Å². The minimum Gasteiger partial charge on any atom is -0.481 e. The average Bonchev–Trinajstić information content (AvgIpc) is 1.87. The van der Waals surface area contributed by atoms with Crippen LogP contribution in [0.2, 0.25) is 0 Å². The van der Waals surface area contributed by atoms with Crippen LogP contribution >= 0.6 is 0 Å². The summed E-state index contributed by atoms with van der Waals surface area (Å²) in [6, 6.07) is 0. The molecule has 0 aliphatic rings. The van der Waals surface area contributed by atoms with E-state index in [2.05, 4.69) is 17.0 Å². The van der Waals surface area contributed by atoms with Crippen LogP contribution in [0.4, 0.5) is 4.79 Å². The Bertz CT molecular complexity index is 155. The number of carbonyl (C=O) groups is 2. The summed E-state index contributed by atoms with van der Waals surface area (Å²) in [6.07, 6.45) is 1.17. The molecule has 0 spiro atoms. The van der Waals surface area contributed by atoms with Gasteiger partial charge in [-0.1, -0.05) is 13.5 Å².